The van der Waals surface area contributed by atoms with Crippen LogP contribution in [-0.2, 0) is 7.05 Å². The second kappa shape index (κ2) is 5.99. The summed E-state index contributed by atoms with van der Waals surface area (Å²) in [6.45, 7) is 0. The normalized spacial score (nSPS) is 12.0. The van der Waals surface area contributed by atoms with Gasteiger partial charge in [-0.3, -0.25) is 0 Å². The van der Waals surface area contributed by atoms with Crippen LogP contribution in [0.5, 0.6) is 0 Å². The monoisotopic (exact) mass is 396 g/mol. The first-order valence-electron chi connectivity index (χ1n) is 10.7. The Balaban J connectivity index is 1.85. The molecule has 0 atom stereocenters. The predicted octanol–water partition coefficient (Wildman–Crippen LogP) is 7.58. The average molecular weight is 396 g/mol. The summed E-state index contributed by atoms with van der Waals surface area (Å²) >= 11 is 0. The summed E-state index contributed by atoms with van der Waals surface area (Å²) in [5.74, 6) is 0. The number of benzene rings is 5. The molecule has 0 N–H and O–H groups in total. The Kier molecular flexibility index (Phi) is 3.23. The molecule has 0 unspecified atom stereocenters. The molecule has 0 aliphatic rings. The summed E-state index contributed by atoms with van der Waals surface area (Å²) in [5.41, 5.74) is 6.25. The van der Waals surface area contributed by atoms with E-state index in [4.69, 9.17) is 0 Å². The Labute approximate surface area is 179 Å². The minimum absolute atomic E-state index is 1.19. The minimum Gasteiger partial charge on any atom is -0.344 e. The summed E-state index contributed by atoms with van der Waals surface area (Å²) < 4.78 is 4.78. The van der Waals surface area contributed by atoms with Crippen LogP contribution in [0, 0.1) is 0 Å². The SMILES string of the molecule is Cn1c2ccc3ccccc3c2c2c1ccc1c3ccccc3n(-c3ccccc3)c12. The Morgan fingerprint density at radius 1 is 0.484 bits per heavy atom. The third-order valence-electron chi connectivity index (χ3n) is 6.71. The number of aromatic nitrogens is 2. The molecule has 0 saturated heterocycles. The third-order valence-corrected chi connectivity index (χ3v) is 6.71. The van der Waals surface area contributed by atoms with Crippen LogP contribution >= 0.6 is 0 Å². The number of aryl methyl sites for hydroxylation is 1. The van der Waals surface area contributed by atoms with Crippen LogP contribution in [0.2, 0.25) is 0 Å². The van der Waals surface area contributed by atoms with Crippen LogP contribution in [0.4, 0.5) is 0 Å². The van der Waals surface area contributed by atoms with Gasteiger partial charge in [0.1, 0.15) is 0 Å². The topological polar surface area (TPSA) is 9.86 Å². The second-order valence-corrected chi connectivity index (χ2v) is 8.28. The largest absolute Gasteiger partial charge is 0.344 e. The van der Waals surface area contributed by atoms with Crippen molar-refractivity contribution in [2.45, 2.75) is 0 Å². The van der Waals surface area contributed by atoms with Crippen molar-refractivity contribution in [2.75, 3.05) is 0 Å². The summed E-state index contributed by atoms with van der Waals surface area (Å²) in [5, 5.41) is 7.84. The van der Waals surface area contributed by atoms with E-state index in [1.807, 2.05) is 0 Å². The van der Waals surface area contributed by atoms with E-state index in [0.717, 1.165) is 0 Å². The van der Waals surface area contributed by atoms with E-state index in [1.54, 1.807) is 0 Å². The van der Waals surface area contributed by atoms with Gasteiger partial charge >= 0.3 is 0 Å². The summed E-state index contributed by atoms with van der Waals surface area (Å²) in [6, 6.07) is 37.3. The molecule has 2 heteroatoms. The van der Waals surface area contributed by atoms with Gasteiger partial charge in [0.15, 0.2) is 0 Å². The maximum atomic E-state index is 2.44. The molecule has 0 saturated carbocycles. The van der Waals surface area contributed by atoms with Gasteiger partial charge in [-0.1, -0.05) is 72.8 Å². The van der Waals surface area contributed by atoms with Gasteiger partial charge in [-0.15, -0.1) is 0 Å². The van der Waals surface area contributed by atoms with Gasteiger partial charge < -0.3 is 9.13 Å². The third kappa shape index (κ3) is 2.11. The summed E-state index contributed by atoms with van der Waals surface area (Å²) in [7, 11) is 2.18. The van der Waals surface area contributed by atoms with Crippen molar-refractivity contribution in [3.05, 3.63) is 103 Å². The van der Waals surface area contributed by atoms with Crippen molar-refractivity contribution in [1.82, 2.24) is 9.13 Å². The van der Waals surface area contributed by atoms with E-state index in [1.165, 1.54) is 60.1 Å². The van der Waals surface area contributed by atoms with Crippen molar-refractivity contribution < 1.29 is 0 Å². The van der Waals surface area contributed by atoms with E-state index in [9.17, 15) is 0 Å². The minimum atomic E-state index is 1.19. The van der Waals surface area contributed by atoms with Gasteiger partial charge in [0, 0.05) is 39.8 Å². The average Bonchev–Trinajstić information content (AvgIpc) is 3.32. The smallest absolute Gasteiger partial charge is 0.0641 e. The Bertz CT molecular complexity index is 1780. The van der Waals surface area contributed by atoms with E-state index >= 15 is 0 Å². The maximum absolute atomic E-state index is 2.44. The number of para-hydroxylation sites is 2. The molecule has 2 nitrogen and oxygen atoms in total. The molecule has 5 aromatic carbocycles. The lowest BCUT2D eigenvalue weighted by Crippen LogP contribution is -1.93. The lowest BCUT2D eigenvalue weighted by Gasteiger charge is -2.09. The Morgan fingerprint density at radius 3 is 2.03 bits per heavy atom. The zero-order valence-electron chi connectivity index (χ0n) is 17.2. The fourth-order valence-corrected chi connectivity index (χ4v) is 5.35. The number of fused-ring (bicyclic) bond motifs is 9. The molecule has 2 heterocycles. The highest BCUT2D eigenvalue weighted by atomic mass is 15.0. The van der Waals surface area contributed by atoms with Crippen molar-refractivity contribution in [2.24, 2.45) is 7.05 Å². The van der Waals surface area contributed by atoms with Crippen LogP contribution in [0.15, 0.2) is 103 Å². The van der Waals surface area contributed by atoms with Gasteiger partial charge in [0.25, 0.3) is 0 Å². The van der Waals surface area contributed by atoms with Gasteiger partial charge in [-0.25, -0.2) is 0 Å². The van der Waals surface area contributed by atoms with Crippen molar-refractivity contribution in [3.8, 4) is 5.69 Å². The number of hydrogen-bond donors (Lipinski definition) is 0. The second-order valence-electron chi connectivity index (χ2n) is 8.28. The first-order valence-corrected chi connectivity index (χ1v) is 10.7. The van der Waals surface area contributed by atoms with Crippen LogP contribution in [0.25, 0.3) is 60.1 Å². The first kappa shape index (κ1) is 16.7. The molecule has 0 bridgehead atoms. The van der Waals surface area contributed by atoms with Gasteiger partial charge in [0.2, 0.25) is 0 Å². The molecule has 31 heavy (non-hydrogen) atoms. The number of nitrogens with zero attached hydrogens (tertiary/aromatic N) is 2. The van der Waals surface area contributed by atoms with Crippen molar-refractivity contribution in [3.63, 3.8) is 0 Å². The Morgan fingerprint density at radius 2 is 1.16 bits per heavy atom. The molecule has 7 rings (SSSR count). The molecule has 7 aromatic rings. The molecular formula is C29H20N2. The highest BCUT2D eigenvalue weighted by Crippen LogP contribution is 2.42. The molecule has 0 fully saturated rings. The molecule has 0 aliphatic carbocycles. The van der Waals surface area contributed by atoms with Crippen LogP contribution in [-0.4, -0.2) is 9.13 Å². The fourth-order valence-electron chi connectivity index (χ4n) is 5.35. The van der Waals surface area contributed by atoms with Crippen molar-refractivity contribution in [1.29, 1.82) is 0 Å². The zero-order valence-corrected chi connectivity index (χ0v) is 17.2. The van der Waals surface area contributed by atoms with Crippen molar-refractivity contribution >= 4 is 54.4 Å². The standard InChI is InChI=1S/C29H20N2/c1-30-25-17-15-19-9-5-6-12-21(19)27(25)28-26(30)18-16-23-22-13-7-8-14-24(22)31(29(23)28)20-10-3-2-4-11-20/h2-18H,1H3. The summed E-state index contributed by atoms with van der Waals surface area (Å²) in [4.78, 5) is 0. The van der Waals surface area contributed by atoms with E-state index in [-0.39, 0.29) is 0 Å². The first-order chi connectivity index (χ1) is 15.3. The molecule has 0 spiro atoms. The molecule has 0 radical (unpaired) electrons. The number of hydrogen-bond acceptors (Lipinski definition) is 0. The molecule has 0 aliphatic heterocycles. The van der Waals surface area contributed by atoms with E-state index in [0.29, 0.717) is 0 Å². The maximum Gasteiger partial charge on any atom is 0.0641 e. The molecular weight excluding hydrogens is 376 g/mol. The fraction of sp³-hybridized carbons (Fsp3) is 0.0345. The Hall–Kier alpha value is -4.04. The van der Waals surface area contributed by atoms with Crippen LogP contribution < -0.4 is 0 Å². The van der Waals surface area contributed by atoms with Gasteiger partial charge in [-0.2, -0.15) is 0 Å². The van der Waals surface area contributed by atoms with Gasteiger partial charge in [0.05, 0.1) is 16.6 Å². The van der Waals surface area contributed by atoms with Gasteiger partial charge in [-0.05, 0) is 41.1 Å². The zero-order chi connectivity index (χ0) is 20.5. The lowest BCUT2D eigenvalue weighted by molar-refractivity contribution is 1.01. The van der Waals surface area contributed by atoms with Crippen LogP contribution in [0.1, 0.15) is 0 Å². The molecule has 2 aromatic heterocycles. The van der Waals surface area contributed by atoms with E-state index in [2.05, 4.69) is 119 Å². The van der Waals surface area contributed by atoms with E-state index < -0.39 is 0 Å². The predicted molar refractivity (Wildman–Crippen MR) is 132 cm³/mol. The molecule has 146 valence electrons. The number of rotatable bonds is 1. The van der Waals surface area contributed by atoms with Crippen LogP contribution in [0.3, 0.4) is 0 Å². The molecule has 0 amide bonds. The summed E-state index contributed by atoms with van der Waals surface area (Å²) in [6.07, 6.45) is 0. The highest BCUT2D eigenvalue weighted by molar-refractivity contribution is 6.30. The highest BCUT2D eigenvalue weighted by Gasteiger charge is 2.20. The quantitative estimate of drug-likeness (QED) is 0.271. The lowest BCUT2D eigenvalue weighted by atomic mass is 10.0.